The standard InChI is InChI=1S/3C4H10.C3H8.2C2H6.CH4O.32CH4.19H2O/c3*1-3-4-2;1-3-2;3*1-2;;;;;;;;;;;;;;;;;;;;;;;;;;;;;;;;;;;;;;;;;;;;;;;;;;;/h3*3-4H2,1-2H3;3H2,1-2H3;2*1-2H3;2H,1H3;32*1H4;19*1H2. The summed E-state index contributed by atoms with van der Waals surface area (Å²) in [5.41, 5.74) is 0. The molecule has 0 unspecified atom stereocenters. The van der Waals surface area contributed by atoms with E-state index in [-0.39, 0.29) is 342 Å². The highest BCUT2D eigenvalue weighted by Crippen LogP contribution is 1.77. The predicted molar refractivity (Wildman–Crippen MR) is 393 cm³/mol. The molecule has 0 saturated heterocycles. The topological polar surface area (TPSA) is 619 Å². The van der Waals surface area contributed by atoms with Crippen LogP contribution in [0.1, 0.15) is 366 Å². The number of hydrogen-bond donors (Lipinski definition) is 1. The molecule has 0 atom stereocenters. The van der Waals surface area contributed by atoms with E-state index in [1.165, 1.54) is 44.9 Å². The lowest BCUT2D eigenvalue weighted by atomic mass is 10.4. The van der Waals surface area contributed by atoms with E-state index in [0.717, 1.165) is 7.11 Å². The molecule has 72 heavy (non-hydrogen) atoms. The fourth-order valence-corrected chi connectivity index (χ4v) is 0. The first kappa shape index (κ1) is 2010. The van der Waals surface area contributed by atoms with Crippen molar-refractivity contribution in [3.05, 3.63) is 0 Å². The van der Waals surface area contributed by atoms with E-state index in [9.17, 15) is 0 Å². The van der Waals surface area contributed by atoms with Crippen LogP contribution in [0, 0.1) is 0 Å². The Hall–Kier alpha value is -0.800. The van der Waals surface area contributed by atoms with Crippen LogP contribution in [0.3, 0.4) is 0 Å². The molecule has 0 fully saturated rings. The monoisotopic (exact) mass is 1170 g/mol. The first-order valence-electron chi connectivity index (χ1n) is 9.60. The molecule has 0 rings (SSSR count). The lowest BCUT2D eigenvalue weighted by Crippen LogP contribution is -1.47. The Balaban J connectivity index is -0.000000000510. The molecule has 0 saturated carbocycles. The van der Waals surface area contributed by atoms with Crippen molar-refractivity contribution >= 4 is 0 Å². The van der Waals surface area contributed by atoms with Gasteiger partial charge in [-0.15, -0.1) is 0 Å². The van der Waals surface area contributed by atoms with Crippen LogP contribution in [-0.2, 0) is 0 Å². The van der Waals surface area contributed by atoms with Crippen molar-refractivity contribution in [1.29, 1.82) is 0 Å². The molecule has 20 heteroatoms. The van der Waals surface area contributed by atoms with Gasteiger partial charge in [-0.05, 0) is 0 Å². The molecule has 0 radical (unpaired) electrons. The van der Waals surface area contributed by atoms with Crippen LogP contribution >= 0.6 is 0 Å². The maximum atomic E-state index is 7.00. The molecule has 0 amide bonds. The fourth-order valence-electron chi connectivity index (χ4n) is 0. The Kier molecular flexibility index (Phi) is 245000. The summed E-state index contributed by atoms with van der Waals surface area (Å²) in [5.74, 6) is 0. The van der Waals surface area contributed by atoms with E-state index in [0.29, 0.717) is 0 Å². The van der Waals surface area contributed by atoms with Crippen molar-refractivity contribution in [1.82, 2.24) is 0 Å². The maximum Gasteiger partial charge on any atom is 0.0319 e. The molecule has 0 aliphatic rings. The minimum absolute atomic E-state index is 0. The molecule has 20 nitrogen and oxygen atoms in total. The molecular weight excluding hydrogens is 945 g/mol. The third-order valence-corrected chi connectivity index (χ3v) is 1.50. The normalized spacial score (nSPS) is 1.75. The fraction of sp³-hybridized carbons (Fsp3) is 1.00. The summed E-state index contributed by atoms with van der Waals surface area (Å²) in [6.07, 6.45) is 9.17. The second-order valence-corrected chi connectivity index (χ2v) is 3.71. The van der Waals surface area contributed by atoms with E-state index in [1.54, 1.807) is 0 Å². The quantitative estimate of drug-likeness (QED) is 0.283. The van der Waals surface area contributed by atoms with Crippen LogP contribution in [0.15, 0.2) is 0 Å². The molecule has 548 valence electrons. The van der Waals surface area contributed by atoms with Crippen molar-refractivity contribution in [2.24, 2.45) is 0 Å². The van der Waals surface area contributed by atoms with Crippen molar-refractivity contribution in [3.63, 3.8) is 0 Å². The molecule has 0 bridgehead atoms. The van der Waals surface area contributed by atoms with Gasteiger partial charge in [0.2, 0.25) is 0 Å². The highest BCUT2D eigenvalue weighted by atomic mass is 16.2. The number of hydrogen-bond acceptors (Lipinski definition) is 1. The largest absolute Gasteiger partial charge is 0.412 e. The van der Waals surface area contributed by atoms with Crippen LogP contribution in [0.5, 0.6) is 0 Å². The van der Waals surface area contributed by atoms with Crippen molar-refractivity contribution in [2.75, 3.05) is 7.11 Å². The minimum Gasteiger partial charge on any atom is -0.412 e. The summed E-state index contributed by atoms with van der Waals surface area (Å²) in [7, 11) is 1.00. The van der Waals surface area contributed by atoms with Crippen LogP contribution in [0.4, 0.5) is 0 Å². The number of aliphatic hydroxyl groups excluding tert-OH is 1. The molecule has 0 aliphatic heterocycles. The van der Waals surface area contributed by atoms with Gasteiger partial charge in [0, 0.05) is 7.11 Å². The van der Waals surface area contributed by atoms with Crippen LogP contribution in [-0.4, -0.2) is 116 Å². The summed E-state index contributed by atoms with van der Waals surface area (Å²) in [6.45, 7) is 25.3. The van der Waals surface area contributed by atoms with Gasteiger partial charge in [0.05, 0.1) is 0 Å². The van der Waals surface area contributed by atoms with Gasteiger partial charge < -0.3 is 109 Å². The van der Waals surface area contributed by atoms with Gasteiger partial charge in [-0.3, -0.25) is 0 Å². The zero-order chi connectivity index (χ0) is 18.9. The van der Waals surface area contributed by atoms with Crippen molar-refractivity contribution in [2.45, 2.75) is 366 Å². The number of rotatable bonds is 3. The van der Waals surface area contributed by atoms with Gasteiger partial charge in [-0.25, -0.2) is 0 Å². The molecule has 39 N–H and O–H groups in total. The second kappa shape index (κ2) is 8750. The summed E-state index contributed by atoms with van der Waals surface area (Å²) in [5, 5.41) is 7.00. The molecule has 0 heterocycles. The Labute approximate surface area is 481 Å². The highest BCUT2D eigenvalue weighted by molar-refractivity contribution is 4.13. The first-order chi connectivity index (χ1) is 10.2. The molecule has 0 aromatic heterocycles. The van der Waals surface area contributed by atoms with Crippen molar-refractivity contribution in [3.8, 4) is 0 Å². The summed E-state index contributed by atoms with van der Waals surface area (Å²) >= 11 is 0. The lowest BCUT2D eigenvalue weighted by Gasteiger charge is -1.68. The number of aliphatic hydroxyl groups is 1. The summed E-state index contributed by atoms with van der Waals surface area (Å²) in [6, 6.07) is 0. The van der Waals surface area contributed by atoms with Crippen molar-refractivity contribution < 1.29 is 109 Å². The average Bonchev–Trinajstić information content (AvgIpc) is 2.61. The minimum atomic E-state index is 0. The van der Waals surface area contributed by atoms with Gasteiger partial charge in [0.15, 0.2) is 0 Å². The smallest absolute Gasteiger partial charge is 0.0319 e. The lowest BCUT2D eigenvalue weighted by molar-refractivity contribution is 0.399. The SMILES string of the molecule is C.C.C.C.C.C.C.C.C.C.C.C.C.C.C.C.C.C.C.C.C.C.C.C.C.C.C.C.C.C.C.C.CC.CC.CCC.CCCC.CCCC.CCCC.CO.O.O.O.O.O.O.O.O.O.O.O.O.O.O.O.O.O.O.O. The van der Waals surface area contributed by atoms with Gasteiger partial charge in [-0.1, -0.05) is 366 Å². The van der Waals surface area contributed by atoms with E-state index < -0.39 is 0 Å². The van der Waals surface area contributed by atoms with Crippen LogP contribution < -0.4 is 0 Å². The Morgan fingerprint density at radius 1 is 0.139 bits per heavy atom. The number of unbranched alkanes of at least 4 members (excludes halogenated alkanes) is 3. The first-order valence-corrected chi connectivity index (χ1v) is 9.60. The van der Waals surface area contributed by atoms with Gasteiger partial charge >= 0.3 is 0 Å². The molecule has 0 aliphatic carbocycles. The Bertz CT molecular complexity index is 85.2. The summed E-state index contributed by atoms with van der Waals surface area (Å²) in [4.78, 5) is 0. The van der Waals surface area contributed by atoms with Gasteiger partial charge in [0.25, 0.3) is 0 Å². The summed E-state index contributed by atoms with van der Waals surface area (Å²) < 4.78 is 0. The molecule has 0 spiro atoms. The van der Waals surface area contributed by atoms with E-state index in [4.69, 9.17) is 5.11 Å². The predicted octanol–water partition coefficient (Wildman–Crippen LogP) is 13.2. The zero-order valence-electron chi connectivity index (χ0n) is 27.9. The third kappa shape index (κ3) is 66500. The Morgan fingerprint density at radius 3 is 0.153 bits per heavy atom. The second-order valence-electron chi connectivity index (χ2n) is 3.71. The van der Waals surface area contributed by atoms with Gasteiger partial charge in [-0.2, -0.15) is 0 Å². The van der Waals surface area contributed by atoms with Crippen LogP contribution in [0.25, 0.3) is 0 Å². The van der Waals surface area contributed by atoms with E-state index in [2.05, 4.69) is 55.4 Å². The van der Waals surface area contributed by atoms with E-state index in [1.807, 2.05) is 27.7 Å². The molecule has 0 aromatic rings. The maximum absolute atomic E-state index is 7.00. The average molecular weight is 1170 g/mol. The van der Waals surface area contributed by atoms with Gasteiger partial charge in [0.1, 0.15) is 0 Å². The third-order valence-electron chi connectivity index (χ3n) is 1.50. The van der Waals surface area contributed by atoms with E-state index >= 15 is 0 Å². The molecule has 0 aromatic carbocycles. The Morgan fingerprint density at radius 2 is 0.153 bits per heavy atom. The molecular formula is C52H220O20. The highest BCUT2D eigenvalue weighted by Gasteiger charge is 1.57. The van der Waals surface area contributed by atoms with Crippen LogP contribution in [0.2, 0.25) is 0 Å². The zero-order valence-corrected chi connectivity index (χ0v) is 27.9.